The molecule has 4 nitrogen and oxygen atoms in total. The Bertz CT molecular complexity index is 560. The van der Waals surface area contributed by atoms with Gasteiger partial charge in [0.1, 0.15) is 0 Å². The molecule has 0 bridgehead atoms. The number of hydrogen-bond acceptors (Lipinski definition) is 3. The third-order valence-electron chi connectivity index (χ3n) is 3.40. The normalized spacial score (nSPS) is 14.3. The average Bonchev–Trinajstić information content (AvgIpc) is 2.34. The second-order valence-corrected chi connectivity index (χ2v) is 7.99. The lowest BCUT2D eigenvalue weighted by atomic mass is 9.87. The molecule has 1 rings (SSSR count). The molecule has 1 aromatic carbocycles. The molecule has 1 aromatic rings. The molecule has 0 aliphatic rings. The second kappa shape index (κ2) is 6.24. The van der Waals surface area contributed by atoms with Crippen molar-refractivity contribution in [1.82, 2.24) is 4.72 Å². The summed E-state index contributed by atoms with van der Waals surface area (Å²) in [5.74, 6) is 0. The van der Waals surface area contributed by atoms with Crippen LogP contribution in [0.5, 0.6) is 0 Å². The van der Waals surface area contributed by atoms with Gasteiger partial charge in [-0.3, -0.25) is 0 Å². The first kappa shape index (κ1) is 17.1. The number of nitrogens with two attached hydrogens (primary N) is 1. The summed E-state index contributed by atoms with van der Waals surface area (Å²) in [7, 11) is -3.51. The van der Waals surface area contributed by atoms with Crippen molar-refractivity contribution in [2.45, 2.75) is 57.4 Å². The number of hydrogen-bond donors (Lipinski definition) is 2. The monoisotopic (exact) mass is 298 g/mol. The quantitative estimate of drug-likeness (QED) is 0.876. The lowest BCUT2D eigenvalue weighted by Crippen LogP contribution is -2.37. The Morgan fingerprint density at radius 2 is 1.90 bits per heavy atom. The van der Waals surface area contributed by atoms with Crippen LogP contribution in [0.25, 0.3) is 0 Å². The van der Waals surface area contributed by atoms with Crippen LogP contribution >= 0.6 is 0 Å². The predicted molar refractivity (Wildman–Crippen MR) is 83.3 cm³/mol. The molecular formula is C15H26N2O2S. The molecule has 114 valence electrons. The smallest absolute Gasteiger partial charge is 0.240 e. The van der Waals surface area contributed by atoms with Crippen LogP contribution < -0.4 is 10.5 Å². The number of nitrogens with one attached hydrogen (secondary N) is 1. The third-order valence-corrected chi connectivity index (χ3v) is 4.97. The number of aryl methyl sites for hydroxylation is 1. The first-order valence-electron chi connectivity index (χ1n) is 6.94. The maximum atomic E-state index is 12.4. The van der Waals surface area contributed by atoms with E-state index in [9.17, 15) is 8.42 Å². The van der Waals surface area contributed by atoms with Gasteiger partial charge in [0.05, 0.1) is 4.90 Å². The van der Waals surface area contributed by atoms with E-state index in [1.807, 2.05) is 19.1 Å². The SMILES string of the molecule is CCC(N)CNS(=O)(=O)c1cc(C(C)(C)C)ccc1C. The Morgan fingerprint density at radius 1 is 1.30 bits per heavy atom. The van der Waals surface area contributed by atoms with Crippen molar-refractivity contribution in [1.29, 1.82) is 0 Å². The summed E-state index contributed by atoms with van der Waals surface area (Å²) in [4.78, 5) is 0.341. The van der Waals surface area contributed by atoms with Crippen LogP contribution in [-0.4, -0.2) is 21.0 Å². The van der Waals surface area contributed by atoms with E-state index in [0.29, 0.717) is 4.90 Å². The topological polar surface area (TPSA) is 72.2 Å². The van der Waals surface area contributed by atoms with Gasteiger partial charge >= 0.3 is 0 Å². The minimum absolute atomic E-state index is 0.0855. The Kier molecular flexibility index (Phi) is 5.35. The zero-order valence-corrected chi connectivity index (χ0v) is 13.8. The molecule has 0 amide bonds. The maximum absolute atomic E-state index is 12.4. The summed E-state index contributed by atoms with van der Waals surface area (Å²) < 4.78 is 27.4. The first-order valence-corrected chi connectivity index (χ1v) is 8.42. The summed E-state index contributed by atoms with van der Waals surface area (Å²) in [6.07, 6.45) is 0.740. The van der Waals surface area contributed by atoms with Gasteiger partial charge in [0.25, 0.3) is 0 Å². The second-order valence-electron chi connectivity index (χ2n) is 6.25. The van der Waals surface area contributed by atoms with E-state index in [4.69, 9.17) is 5.73 Å². The average molecular weight is 298 g/mol. The van der Waals surface area contributed by atoms with Gasteiger partial charge in [-0.1, -0.05) is 39.8 Å². The van der Waals surface area contributed by atoms with Crippen molar-refractivity contribution < 1.29 is 8.42 Å². The first-order chi connectivity index (χ1) is 9.08. The highest BCUT2D eigenvalue weighted by atomic mass is 32.2. The fourth-order valence-corrected chi connectivity index (χ4v) is 3.16. The van der Waals surface area contributed by atoms with Gasteiger partial charge in [-0.05, 0) is 36.0 Å². The zero-order valence-electron chi connectivity index (χ0n) is 13.0. The Labute approximate surface area is 122 Å². The highest BCUT2D eigenvalue weighted by molar-refractivity contribution is 7.89. The van der Waals surface area contributed by atoms with Crippen LogP contribution in [0.2, 0.25) is 0 Å². The van der Waals surface area contributed by atoms with Crippen molar-refractivity contribution in [2.75, 3.05) is 6.54 Å². The van der Waals surface area contributed by atoms with Gasteiger partial charge in [0, 0.05) is 12.6 Å². The van der Waals surface area contributed by atoms with Crippen LogP contribution in [0.3, 0.4) is 0 Å². The largest absolute Gasteiger partial charge is 0.327 e. The fraction of sp³-hybridized carbons (Fsp3) is 0.600. The van der Waals surface area contributed by atoms with Crippen LogP contribution in [0.4, 0.5) is 0 Å². The number of benzene rings is 1. The fourth-order valence-electron chi connectivity index (χ4n) is 1.79. The number of sulfonamides is 1. The van der Waals surface area contributed by atoms with E-state index >= 15 is 0 Å². The highest BCUT2D eigenvalue weighted by Gasteiger charge is 2.21. The molecule has 0 saturated heterocycles. The summed E-state index contributed by atoms with van der Waals surface area (Å²) >= 11 is 0. The lowest BCUT2D eigenvalue weighted by Gasteiger charge is -2.21. The van der Waals surface area contributed by atoms with Crippen molar-refractivity contribution in [3.8, 4) is 0 Å². The minimum Gasteiger partial charge on any atom is -0.327 e. The van der Waals surface area contributed by atoms with Gasteiger partial charge < -0.3 is 5.73 Å². The van der Waals surface area contributed by atoms with Crippen LogP contribution in [0, 0.1) is 6.92 Å². The molecule has 1 unspecified atom stereocenters. The van der Waals surface area contributed by atoms with Crippen molar-refractivity contribution >= 4 is 10.0 Å². The summed E-state index contributed by atoms with van der Waals surface area (Å²) in [5.41, 5.74) is 7.43. The molecule has 0 radical (unpaired) electrons. The molecule has 5 heteroatoms. The van der Waals surface area contributed by atoms with Gasteiger partial charge in [-0.25, -0.2) is 13.1 Å². The van der Waals surface area contributed by atoms with E-state index in [0.717, 1.165) is 17.5 Å². The highest BCUT2D eigenvalue weighted by Crippen LogP contribution is 2.26. The Hall–Kier alpha value is -0.910. The molecule has 0 spiro atoms. The minimum atomic E-state index is -3.51. The summed E-state index contributed by atoms with van der Waals surface area (Å²) in [6, 6.07) is 5.44. The molecule has 1 atom stereocenters. The van der Waals surface area contributed by atoms with E-state index < -0.39 is 10.0 Å². The number of rotatable bonds is 5. The van der Waals surface area contributed by atoms with Crippen LogP contribution in [0.15, 0.2) is 23.1 Å². The van der Waals surface area contributed by atoms with E-state index in [1.165, 1.54) is 0 Å². The van der Waals surface area contributed by atoms with Gasteiger partial charge in [-0.15, -0.1) is 0 Å². The Balaban J connectivity index is 3.11. The van der Waals surface area contributed by atoms with Gasteiger partial charge in [0.2, 0.25) is 10.0 Å². The standard InChI is InChI=1S/C15H26N2O2S/c1-6-13(16)10-17-20(18,19)14-9-12(15(3,4)5)8-7-11(14)2/h7-9,13,17H,6,10,16H2,1-5H3. The third kappa shape index (κ3) is 4.30. The maximum Gasteiger partial charge on any atom is 0.240 e. The molecule has 0 saturated carbocycles. The summed E-state index contributed by atoms with van der Waals surface area (Å²) in [6.45, 7) is 10.2. The van der Waals surface area contributed by atoms with E-state index in [1.54, 1.807) is 13.0 Å². The van der Waals surface area contributed by atoms with Crippen molar-refractivity contribution in [3.63, 3.8) is 0 Å². The molecule has 0 aliphatic carbocycles. The van der Waals surface area contributed by atoms with Crippen LogP contribution in [0.1, 0.15) is 45.2 Å². The molecular weight excluding hydrogens is 272 g/mol. The van der Waals surface area contributed by atoms with E-state index in [2.05, 4.69) is 25.5 Å². The molecule has 0 aliphatic heterocycles. The molecule has 0 fully saturated rings. The zero-order chi connectivity index (χ0) is 15.6. The molecule has 0 heterocycles. The summed E-state index contributed by atoms with van der Waals surface area (Å²) in [5, 5.41) is 0. The predicted octanol–water partition coefficient (Wildman–Crippen LogP) is 2.31. The van der Waals surface area contributed by atoms with Gasteiger partial charge in [0.15, 0.2) is 0 Å². The van der Waals surface area contributed by atoms with Crippen LogP contribution in [-0.2, 0) is 15.4 Å². The lowest BCUT2D eigenvalue weighted by molar-refractivity contribution is 0.561. The molecule has 0 aromatic heterocycles. The van der Waals surface area contributed by atoms with Crippen molar-refractivity contribution in [3.05, 3.63) is 29.3 Å². The Morgan fingerprint density at radius 3 is 2.40 bits per heavy atom. The molecule has 3 N–H and O–H groups in total. The van der Waals surface area contributed by atoms with E-state index in [-0.39, 0.29) is 18.0 Å². The molecule has 20 heavy (non-hydrogen) atoms. The van der Waals surface area contributed by atoms with Crippen molar-refractivity contribution in [2.24, 2.45) is 5.73 Å². The van der Waals surface area contributed by atoms with Gasteiger partial charge in [-0.2, -0.15) is 0 Å².